The van der Waals surface area contributed by atoms with Crippen molar-refractivity contribution in [2.24, 2.45) is 0 Å². The highest BCUT2D eigenvalue weighted by Crippen LogP contribution is 2.47. The van der Waals surface area contributed by atoms with Crippen LogP contribution in [0.4, 0.5) is 8.78 Å². The third kappa shape index (κ3) is 2.01. The van der Waals surface area contributed by atoms with Crippen LogP contribution in [0.15, 0.2) is 42.5 Å². The van der Waals surface area contributed by atoms with E-state index in [4.69, 9.17) is 0 Å². The molecule has 0 saturated heterocycles. The van der Waals surface area contributed by atoms with Gasteiger partial charge in [0.25, 0.3) is 0 Å². The van der Waals surface area contributed by atoms with E-state index < -0.39 is 23.2 Å². The van der Waals surface area contributed by atoms with Gasteiger partial charge in [0.1, 0.15) is 23.2 Å². The van der Waals surface area contributed by atoms with Gasteiger partial charge in [0.05, 0.1) is 6.07 Å². The maximum Gasteiger partial charge on any atom is 0.131 e. The molecule has 2 atom stereocenters. The lowest BCUT2D eigenvalue weighted by atomic mass is 9.75. The molecular weight excluding hydrogens is 272 g/mol. The van der Waals surface area contributed by atoms with E-state index in [1.807, 2.05) is 12.1 Å². The van der Waals surface area contributed by atoms with E-state index in [-0.39, 0.29) is 5.56 Å². The maximum absolute atomic E-state index is 13.9. The number of rotatable bonds is 2. The van der Waals surface area contributed by atoms with Gasteiger partial charge in [-0.05, 0) is 30.0 Å². The van der Waals surface area contributed by atoms with E-state index in [9.17, 15) is 19.1 Å². The summed E-state index contributed by atoms with van der Waals surface area (Å²) in [6, 6.07) is 12.5. The molecule has 0 heterocycles. The summed E-state index contributed by atoms with van der Waals surface area (Å²) in [5.74, 6) is -1.54. The van der Waals surface area contributed by atoms with Crippen molar-refractivity contribution in [2.45, 2.75) is 24.4 Å². The van der Waals surface area contributed by atoms with Gasteiger partial charge in [0.15, 0.2) is 0 Å². The molecule has 0 aliphatic heterocycles. The van der Waals surface area contributed by atoms with Crippen molar-refractivity contribution in [3.05, 3.63) is 70.8 Å². The number of aliphatic hydroxyl groups excluding tert-OH is 1. The minimum atomic E-state index is -1.33. The van der Waals surface area contributed by atoms with Crippen molar-refractivity contribution in [1.29, 1.82) is 5.26 Å². The summed E-state index contributed by atoms with van der Waals surface area (Å²) in [4.78, 5) is 0. The topological polar surface area (TPSA) is 44.0 Å². The summed E-state index contributed by atoms with van der Waals surface area (Å²) in [6.45, 7) is 0. The molecule has 0 radical (unpaired) electrons. The van der Waals surface area contributed by atoms with Crippen LogP contribution in [0.3, 0.4) is 0 Å². The third-order valence-corrected chi connectivity index (χ3v) is 4.21. The minimum Gasteiger partial charge on any atom is -0.386 e. The number of nitrogens with zero attached hydrogens (tertiary/aromatic N) is 1. The molecule has 21 heavy (non-hydrogen) atoms. The largest absolute Gasteiger partial charge is 0.386 e. The zero-order chi connectivity index (χ0) is 15.0. The number of aliphatic hydroxyl groups is 1. The van der Waals surface area contributed by atoms with Crippen LogP contribution in [-0.4, -0.2) is 5.11 Å². The number of aryl methyl sites for hydroxylation is 1. The molecule has 0 saturated carbocycles. The van der Waals surface area contributed by atoms with Gasteiger partial charge in [-0.15, -0.1) is 0 Å². The Morgan fingerprint density at radius 1 is 1.19 bits per heavy atom. The lowest BCUT2D eigenvalue weighted by molar-refractivity contribution is 0.107. The second kappa shape index (κ2) is 4.94. The first-order valence-corrected chi connectivity index (χ1v) is 6.71. The molecule has 2 nitrogen and oxygen atoms in total. The Hall–Kier alpha value is -2.25. The van der Waals surface area contributed by atoms with Crippen LogP contribution in [0.2, 0.25) is 0 Å². The molecule has 1 aliphatic rings. The summed E-state index contributed by atoms with van der Waals surface area (Å²) in [7, 11) is 0. The Labute approximate surface area is 121 Å². The fraction of sp³-hybridized carbons (Fsp3) is 0.235. The standard InChI is InChI=1S/C17H13F2NO/c18-12-5-6-13(15(19)9-12)16(21)17(10-20)8-7-11-3-1-2-4-14(11)17/h1-6,9,16,21H,7-8H2. The normalized spacial score (nSPS) is 21.6. The molecule has 106 valence electrons. The van der Waals surface area contributed by atoms with Crippen molar-refractivity contribution >= 4 is 0 Å². The monoisotopic (exact) mass is 285 g/mol. The summed E-state index contributed by atoms with van der Waals surface area (Å²) in [5, 5.41) is 20.2. The van der Waals surface area contributed by atoms with Crippen LogP contribution in [0.5, 0.6) is 0 Å². The average Bonchev–Trinajstić information content (AvgIpc) is 2.87. The van der Waals surface area contributed by atoms with Crippen molar-refractivity contribution in [3.8, 4) is 6.07 Å². The number of nitriles is 1. The average molecular weight is 285 g/mol. The zero-order valence-electron chi connectivity index (χ0n) is 11.2. The van der Waals surface area contributed by atoms with Gasteiger partial charge < -0.3 is 5.11 Å². The highest BCUT2D eigenvalue weighted by atomic mass is 19.1. The maximum atomic E-state index is 13.9. The Morgan fingerprint density at radius 2 is 1.95 bits per heavy atom. The van der Waals surface area contributed by atoms with Crippen molar-refractivity contribution in [2.75, 3.05) is 0 Å². The van der Waals surface area contributed by atoms with Crippen LogP contribution >= 0.6 is 0 Å². The van der Waals surface area contributed by atoms with E-state index >= 15 is 0 Å². The van der Waals surface area contributed by atoms with E-state index in [0.29, 0.717) is 12.8 Å². The van der Waals surface area contributed by atoms with Gasteiger partial charge in [0.2, 0.25) is 0 Å². The van der Waals surface area contributed by atoms with Crippen molar-refractivity contribution in [1.82, 2.24) is 0 Å². The number of hydrogen-bond donors (Lipinski definition) is 1. The van der Waals surface area contributed by atoms with Crippen molar-refractivity contribution in [3.63, 3.8) is 0 Å². The fourth-order valence-corrected chi connectivity index (χ4v) is 3.09. The Morgan fingerprint density at radius 3 is 2.67 bits per heavy atom. The lowest BCUT2D eigenvalue weighted by Gasteiger charge is -2.29. The molecule has 4 heteroatoms. The smallest absolute Gasteiger partial charge is 0.131 e. The predicted molar refractivity (Wildman–Crippen MR) is 73.4 cm³/mol. The summed E-state index contributed by atoms with van der Waals surface area (Å²) >= 11 is 0. The molecule has 1 N–H and O–H groups in total. The molecule has 0 aromatic heterocycles. The predicted octanol–water partition coefficient (Wildman–Crippen LogP) is 3.41. The highest BCUT2D eigenvalue weighted by Gasteiger charge is 2.46. The molecule has 2 aromatic rings. The van der Waals surface area contributed by atoms with E-state index in [1.54, 1.807) is 12.1 Å². The number of fused-ring (bicyclic) bond motifs is 1. The van der Waals surface area contributed by atoms with Crippen LogP contribution in [0, 0.1) is 23.0 Å². The van der Waals surface area contributed by atoms with Crippen molar-refractivity contribution < 1.29 is 13.9 Å². The lowest BCUT2D eigenvalue weighted by Crippen LogP contribution is -2.30. The van der Waals surface area contributed by atoms with Gasteiger partial charge >= 0.3 is 0 Å². The molecular formula is C17H13F2NO. The number of halogens is 2. The first-order valence-electron chi connectivity index (χ1n) is 6.71. The quantitative estimate of drug-likeness (QED) is 0.919. The fourth-order valence-electron chi connectivity index (χ4n) is 3.09. The first-order chi connectivity index (χ1) is 10.1. The highest BCUT2D eigenvalue weighted by molar-refractivity contribution is 5.47. The molecule has 3 rings (SSSR count). The third-order valence-electron chi connectivity index (χ3n) is 4.21. The van der Waals surface area contributed by atoms with Gasteiger partial charge in [0, 0.05) is 11.6 Å². The van der Waals surface area contributed by atoms with Gasteiger partial charge in [-0.1, -0.05) is 30.3 Å². The Balaban J connectivity index is 2.11. The molecule has 2 aromatic carbocycles. The van der Waals surface area contributed by atoms with Crippen LogP contribution in [0.25, 0.3) is 0 Å². The van der Waals surface area contributed by atoms with Gasteiger partial charge in [-0.25, -0.2) is 8.78 Å². The van der Waals surface area contributed by atoms with Gasteiger partial charge in [-0.3, -0.25) is 0 Å². The molecule has 0 spiro atoms. The van der Waals surface area contributed by atoms with Gasteiger partial charge in [-0.2, -0.15) is 5.26 Å². The second-order valence-electron chi connectivity index (χ2n) is 5.31. The van der Waals surface area contributed by atoms with E-state index in [2.05, 4.69) is 6.07 Å². The Kier molecular flexibility index (Phi) is 3.23. The van der Waals surface area contributed by atoms with Crippen LogP contribution in [0.1, 0.15) is 29.2 Å². The molecule has 0 fully saturated rings. The van der Waals surface area contributed by atoms with Crippen LogP contribution < -0.4 is 0 Å². The van der Waals surface area contributed by atoms with E-state index in [1.165, 1.54) is 6.07 Å². The number of hydrogen-bond acceptors (Lipinski definition) is 2. The number of benzene rings is 2. The molecule has 1 aliphatic carbocycles. The SMILES string of the molecule is N#CC1(C(O)c2ccc(F)cc2F)CCc2ccccc21. The second-order valence-corrected chi connectivity index (χ2v) is 5.31. The summed E-state index contributed by atoms with van der Waals surface area (Å²) in [6.07, 6.45) is -0.253. The summed E-state index contributed by atoms with van der Waals surface area (Å²) in [5.41, 5.74) is 0.480. The first kappa shape index (κ1) is 13.7. The minimum absolute atomic E-state index is 0.0466. The van der Waals surface area contributed by atoms with E-state index in [0.717, 1.165) is 23.3 Å². The molecule has 0 bridgehead atoms. The molecule has 2 unspecified atom stereocenters. The van der Waals surface area contributed by atoms with Crippen LogP contribution in [-0.2, 0) is 11.8 Å². The molecule has 0 amide bonds. The zero-order valence-corrected chi connectivity index (χ0v) is 11.2. The summed E-state index contributed by atoms with van der Waals surface area (Å²) < 4.78 is 26.9. The Bertz CT molecular complexity index is 738.